The molecule has 28 heavy (non-hydrogen) atoms. The highest BCUT2D eigenvalue weighted by molar-refractivity contribution is 9.10. The van der Waals surface area contributed by atoms with E-state index in [1.165, 1.54) is 6.08 Å². The minimum absolute atomic E-state index is 0.0189. The highest BCUT2D eigenvalue weighted by Gasteiger charge is 2.17. The van der Waals surface area contributed by atoms with Crippen molar-refractivity contribution in [2.75, 3.05) is 25.1 Å². The van der Waals surface area contributed by atoms with Crippen molar-refractivity contribution < 1.29 is 23.8 Å². The van der Waals surface area contributed by atoms with Gasteiger partial charge in [0.05, 0.1) is 23.4 Å². The molecular weight excluding hydrogens is 426 g/mol. The molecule has 0 spiro atoms. The third-order valence-electron chi connectivity index (χ3n) is 3.94. The third-order valence-corrected chi connectivity index (χ3v) is 4.53. The van der Waals surface area contributed by atoms with Crippen molar-refractivity contribution in [3.63, 3.8) is 0 Å². The number of allylic oxidation sites excluding steroid dienone is 1. The van der Waals surface area contributed by atoms with Crippen molar-refractivity contribution in [1.29, 1.82) is 0 Å². The highest BCUT2D eigenvalue weighted by atomic mass is 79.9. The first-order chi connectivity index (χ1) is 13.5. The Morgan fingerprint density at radius 1 is 1.21 bits per heavy atom. The molecule has 2 aromatic rings. The standard InChI is InChI=1S/C21H20BrNO5/c1-3-26-19-10-13(9-15(22)21(19)27-4-2)5-7-17(24)14-6-8-18-16(11-14)23-20(25)12-28-18/h5-11H,3-4,12H2,1-2H3,(H,23,25). The summed E-state index contributed by atoms with van der Waals surface area (Å²) in [5.74, 6) is 1.37. The first-order valence-corrected chi connectivity index (χ1v) is 9.69. The highest BCUT2D eigenvalue weighted by Crippen LogP contribution is 2.37. The van der Waals surface area contributed by atoms with Crippen molar-refractivity contribution in [1.82, 2.24) is 0 Å². The van der Waals surface area contributed by atoms with E-state index in [0.29, 0.717) is 41.7 Å². The fourth-order valence-corrected chi connectivity index (χ4v) is 3.31. The Bertz CT molecular complexity index is 939. The molecule has 1 amide bonds. The zero-order valence-corrected chi connectivity index (χ0v) is 17.2. The van der Waals surface area contributed by atoms with Crippen LogP contribution in [-0.2, 0) is 4.79 Å². The summed E-state index contributed by atoms with van der Waals surface area (Å²) in [5.41, 5.74) is 1.75. The Kier molecular flexibility index (Phi) is 6.36. The van der Waals surface area contributed by atoms with Gasteiger partial charge in [0, 0.05) is 5.56 Å². The van der Waals surface area contributed by atoms with Gasteiger partial charge in [-0.15, -0.1) is 0 Å². The smallest absolute Gasteiger partial charge is 0.262 e. The Labute approximate surface area is 171 Å². The Balaban J connectivity index is 1.82. The minimum atomic E-state index is -0.240. The quantitative estimate of drug-likeness (QED) is 0.502. The van der Waals surface area contributed by atoms with Crippen LogP contribution >= 0.6 is 15.9 Å². The summed E-state index contributed by atoms with van der Waals surface area (Å²) >= 11 is 3.49. The van der Waals surface area contributed by atoms with Gasteiger partial charge in [-0.3, -0.25) is 9.59 Å². The summed E-state index contributed by atoms with van der Waals surface area (Å²) in [4.78, 5) is 24.0. The number of hydrogen-bond acceptors (Lipinski definition) is 5. The number of nitrogens with one attached hydrogen (secondary N) is 1. The van der Waals surface area contributed by atoms with Crippen LogP contribution in [0.5, 0.6) is 17.2 Å². The molecule has 1 heterocycles. The summed E-state index contributed by atoms with van der Waals surface area (Å²) in [7, 11) is 0. The van der Waals surface area contributed by atoms with Crippen molar-refractivity contribution in [2.24, 2.45) is 0 Å². The number of fused-ring (bicyclic) bond motifs is 1. The molecule has 0 aromatic heterocycles. The molecule has 1 aliphatic rings. The molecule has 0 bridgehead atoms. The summed E-state index contributed by atoms with van der Waals surface area (Å²) < 4.78 is 17.3. The van der Waals surface area contributed by atoms with Crippen molar-refractivity contribution in [3.8, 4) is 17.2 Å². The minimum Gasteiger partial charge on any atom is -0.490 e. The van der Waals surface area contributed by atoms with Gasteiger partial charge in [0.15, 0.2) is 23.9 Å². The SMILES string of the molecule is CCOc1cc(C=CC(=O)c2ccc3c(c2)NC(=O)CO3)cc(Br)c1OCC. The van der Waals surface area contributed by atoms with Gasteiger partial charge in [0.25, 0.3) is 5.91 Å². The lowest BCUT2D eigenvalue weighted by Gasteiger charge is -2.18. The molecule has 0 saturated carbocycles. The maximum absolute atomic E-state index is 12.5. The molecule has 0 fully saturated rings. The molecule has 146 valence electrons. The monoisotopic (exact) mass is 445 g/mol. The lowest BCUT2D eigenvalue weighted by Crippen LogP contribution is -2.25. The molecule has 3 rings (SSSR count). The number of carbonyl (C=O) groups excluding carboxylic acids is 2. The van der Waals surface area contributed by atoms with Crippen molar-refractivity contribution >= 4 is 39.4 Å². The van der Waals surface area contributed by atoms with E-state index in [2.05, 4.69) is 21.2 Å². The lowest BCUT2D eigenvalue weighted by molar-refractivity contribution is -0.118. The van der Waals surface area contributed by atoms with Gasteiger partial charge < -0.3 is 19.5 Å². The fourth-order valence-electron chi connectivity index (χ4n) is 2.74. The number of halogens is 1. The zero-order valence-electron chi connectivity index (χ0n) is 15.6. The van der Waals surface area contributed by atoms with Crippen LogP contribution in [0.4, 0.5) is 5.69 Å². The fraction of sp³-hybridized carbons (Fsp3) is 0.238. The van der Waals surface area contributed by atoms with Crippen molar-refractivity contribution in [3.05, 3.63) is 52.0 Å². The normalized spacial score (nSPS) is 12.9. The topological polar surface area (TPSA) is 73.9 Å². The molecule has 0 saturated heterocycles. The third kappa shape index (κ3) is 4.54. The number of hydrogen-bond donors (Lipinski definition) is 1. The van der Waals surface area contributed by atoms with E-state index in [-0.39, 0.29) is 18.3 Å². The number of rotatable bonds is 7. The van der Waals surface area contributed by atoms with Gasteiger partial charge in [0.1, 0.15) is 5.75 Å². The van der Waals surface area contributed by atoms with E-state index in [1.54, 1.807) is 24.3 Å². The van der Waals surface area contributed by atoms with E-state index < -0.39 is 0 Å². The molecule has 1 N–H and O–H groups in total. The first kappa shape index (κ1) is 19.9. The van der Waals surface area contributed by atoms with Gasteiger partial charge in [-0.05, 0) is 71.7 Å². The maximum atomic E-state index is 12.5. The Hall–Kier alpha value is -2.80. The number of ketones is 1. The van der Waals surface area contributed by atoms with Crippen molar-refractivity contribution in [2.45, 2.75) is 13.8 Å². The predicted molar refractivity (Wildman–Crippen MR) is 110 cm³/mol. The van der Waals surface area contributed by atoms with Crippen LogP contribution in [0.25, 0.3) is 6.08 Å². The van der Waals surface area contributed by atoms with E-state index in [4.69, 9.17) is 14.2 Å². The van der Waals surface area contributed by atoms with Crippen LogP contribution in [0.1, 0.15) is 29.8 Å². The average Bonchev–Trinajstić information content (AvgIpc) is 2.68. The first-order valence-electron chi connectivity index (χ1n) is 8.90. The summed E-state index contributed by atoms with van der Waals surface area (Å²) in [6.45, 7) is 4.80. The number of anilines is 1. The molecule has 6 nitrogen and oxygen atoms in total. The molecule has 7 heteroatoms. The molecule has 0 radical (unpaired) electrons. The second-order valence-electron chi connectivity index (χ2n) is 5.94. The van der Waals surface area contributed by atoms with E-state index in [1.807, 2.05) is 26.0 Å². The van der Waals surface area contributed by atoms with E-state index in [9.17, 15) is 9.59 Å². The lowest BCUT2D eigenvalue weighted by atomic mass is 10.1. The van der Waals surface area contributed by atoms with Crippen LogP contribution in [-0.4, -0.2) is 31.5 Å². The van der Waals surface area contributed by atoms with E-state index in [0.717, 1.165) is 10.0 Å². The second-order valence-corrected chi connectivity index (χ2v) is 6.80. The average molecular weight is 446 g/mol. The van der Waals surface area contributed by atoms with Crippen LogP contribution in [0.15, 0.2) is 40.9 Å². The zero-order chi connectivity index (χ0) is 20.1. The van der Waals surface area contributed by atoms with Gasteiger partial charge in [-0.1, -0.05) is 6.08 Å². The largest absolute Gasteiger partial charge is 0.490 e. The second kappa shape index (κ2) is 8.93. The maximum Gasteiger partial charge on any atom is 0.262 e. The number of ether oxygens (including phenoxy) is 3. The molecular formula is C21H20BrNO5. The molecule has 1 aliphatic heterocycles. The summed E-state index contributed by atoms with van der Waals surface area (Å²) in [6.07, 6.45) is 3.19. The van der Waals surface area contributed by atoms with Crippen LogP contribution in [0.3, 0.4) is 0 Å². The van der Waals surface area contributed by atoms with E-state index >= 15 is 0 Å². The molecule has 2 aromatic carbocycles. The number of benzene rings is 2. The van der Waals surface area contributed by atoms with Gasteiger partial charge >= 0.3 is 0 Å². The predicted octanol–water partition coefficient (Wildman–Crippen LogP) is 4.47. The molecule has 0 unspecified atom stereocenters. The van der Waals surface area contributed by atoms with Crippen LogP contribution < -0.4 is 19.5 Å². The molecule has 0 aliphatic carbocycles. The number of amides is 1. The number of carbonyl (C=O) groups is 2. The van der Waals surface area contributed by atoms with Gasteiger partial charge in [-0.2, -0.15) is 0 Å². The Morgan fingerprint density at radius 2 is 2.00 bits per heavy atom. The van der Waals surface area contributed by atoms with Gasteiger partial charge in [0.2, 0.25) is 0 Å². The summed E-state index contributed by atoms with van der Waals surface area (Å²) in [6, 6.07) is 8.64. The Morgan fingerprint density at radius 3 is 2.75 bits per heavy atom. The molecule has 0 atom stereocenters. The van der Waals surface area contributed by atoms with Gasteiger partial charge in [-0.25, -0.2) is 0 Å². The van der Waals surface area contributed by atoms with Crippen LogP contribution in [0.2, 0.25) is 0 Å². The summed E-state index contributed by atoms with van der Waals surface area (Å²) in [5, 5.41) is 2.70. The van der Waals surface area contributed by atoms with Crippen LogP contribution in [0, 0.1) is 0 Å².